The highest BCUT2D eigenvalue weighted by atomic mass is 35.5. The highest BCUT2D eigenvalue weighted by molar-refractivity contribution is 7.90. The lowest BCUT2D eigenvalue weighted by atomic mass is 10.3. The Hall–Kier alpha value is -2.62. The third kappa shape index (κ3) is 4.11. The number of carbonyl (C=O) groups is 1. The average Bonchev–Trinajstić information content (AvgIpc) is 3.02. The van der Waals surface area contributed by atoms with Crippen molar-refractivity contribution < 1.29 is 17.9 Å². The number of amides is 1. The van der Waals surface area contributed by atoms with Gasteiger partial charge in [0.05, 0.1) is 23.4 Å². The lowest BCUT2D eigenvalue weighted by molar-refractivity contribution is 0.0976. The molecule has 0 fully saturated rings. The van der Waals surface area contributed by atoms with E-state index in [1.54, 1.807) is 25.1 Å². The minimum Gasteiger partial charge on any atom is -0.497 e. The van der Waals surface area contributed by atoms with E-state index in [0.717, 1.165) is 0 Å². The van der Waals surface area contributed by atoms with Crippen molar-refractivity contribution in [3.63, 3.8) is 0 Å². The van der Waals surface area contributed by atoms with Crippen molar-refractivity contribution in [3.8, 4) is 11.4 Å². The van der Waals surface area contributed by atoms with Gasteiger partial charge in [-0.25, -0.2) is 17.8 Å². The number of sulfonamides is 1. The fourth-order valence-electron chi connectivity index (χ4n) is 2.43. The van der Waals surface area contributed by atoms with Gasteiger partial charge in [-0.1, -0.05) is 28.4 Å². The molecule has 1 N–H and O–H groups in total. The number of aromatic nitrogens is 3. The van der Waals surface area contributed by atoms with E-state index in [0.29, 0.717) is 27.2 Å². The summed E-state index contributed by atoms with van der Waals surface area (Å²) in [4.78, 5) is 12.4. The fraction of sp³-hybridized carbons (Fsp3) is 0.118. The van der Waals surface area contributed by atoms with Crippen LogP contribution >= 0.6 is 23.2 Å². The number of nitrogens with one attached hydrogen (secondary N) is 1. The minimum absolute atomic E-state index is 0.0895. The predicted molar refractivity (Wildman–Crippen MR) is 104 cm³/mol. The van der Waals surface area contributed by atoms with E-state index in [9.17, 15) is 13.2 Å². The molecule has 0 atom stereocenters. The van der Waals surface area contributed by atoms with E-state index < -0.39 is 15.9 Å². The van der Waals surface area contributed by atoms with Crippen LogP contribution < -0.4 is 9.46 Å². The second-order valence-electron chi connectivity index (χ2n) is 5.67. The number of halogens is 2. The number of methoxy groups -OCH3 is 1. The standard InChI is InChI=1S/C17H14Cl2N4O4S/c1-10-16(20-22-23(10)13-8-11(18)7-12(19)9-13)17(24)21-28(25,26)15-5-3-14(27-2)4-6-15/h3-9H,1-2H3,(H,21,24). The van der Waals surface area contributed by atoms with Crippen LogP contribution in [0.2, 0.25) is 10.0 Å². The Kier molecular flexibility index (Phi) is 5.59. The highest BCUT2D eigenvalue weighted by Gasteiger charge is 2.24. The Bertz CT molecular complexity index is 1120. The lowest BCUT2D eigenvalue weighted by Gasteiger charge is -2.07. The first kappa shape index (κ1) is 20.1. The summed E-state index contributed by atoms with van der Waals surface area (Å²) in [6.45, 7) is 1.57. The zero-order valence-electron chi connectivity index (χ0n) is 14.7. The Morgan fingerprint density at radius 2 is 1.71 bits per heavy atom. The molecule has 1 heterocycles. The van der Waals surface area contributed by atoms with E-state index in [1.807, 2.05) is 4.72 Å². The molecular formula is C17H14Cl2N4O4S. The quantitative estimate of drug-likeness (QED) is 0.653. The van der Waals surface area contributed by atoms with Gasteiger partial charge in [0, 0.05) is 10.0 Å². The van der Waals surface area contributed by atoms with Crippen molar-refractivity contribution in [1.29, 1.82) is 0 Å². The number of nitrogens with zero attached hydrogens (tertiary/aromatic N) is 3. The van der Waals surface area contributed by atoms with Crippen LogP contribution in [0.5, 0.6) is 5.75 Å². The zero-order valence-corrected chi connectivity index (χ0v) is 17.0. The first-order valence-electron chi connectivity index (χ1n) is 7.81. The first-order chi connectivity index (χ1) is 13.2. The number of benzene rings is 2. The van der Waals surface area contributed by atoms with Crippen LogP contribution in [0.25, 0.3) is 5.69 Å². The summed E-state index contributed by atoms with van der Waals surface area (Å²) in [5.74, 6) is -0.420. The Labute approximate surface area is 171 Å². The molecule has 0 bridgehead atoms. The van der Waals surface area contributed by atoms with Gasteiger partial charge in [-0.15, -0.1) is 5.10 Å². The molecular weight excluding hydrogens is 427 g/mol. The van der Waals surface area contributed by atoms with Crippen molar-refractivity contribution in [2.45, 2.75) is 11.8 Å². The van der Waals surface area contributed by atoms with Crippen LogP contribution in [0.3, 0.4) is 0 Å². The van der Waals surface area contributed by atoms with Crippen LogP contribution in [0.4, 0.5) is 0 Å². The van der Waals surface area contributed by atoms with E-state index >= 15 is 0 Å². The normalized spacial score (nSPS) is 11.3. The second kappa shape index (κ2) is 7.78. The molecule has 11 heteroatoms. The van der Waals surface area contributed by atoms with Crippen molar-refractivity contribution in [1.82, 2.24) is 19.7 Å². The molecule has 3 rings (SSSR count). The van der Waals surface area contributed by atoms with E-state index in [-0.39, 0.29) is 10.6 Å². The number of carbonyl (C=O) groups excluding carboxylic acids is 1. The number of rotatable bonds is 5. The summed E-state index contributed by atoms with van der Waals surface area (Å²) in [5.41, 5.74) is 0.661. The molecule has 0 unspecified atom stereocenters. The van der Waals surface area contributed by atoms with Gasteiger partial charge in [0.1, 0.15) is 5.75 Å². The van der Waals surface area contributed by atoms with Gasteiger partial charge in [-0.05, 0) is 49.4 Å². The van der Waals surface area contributed by atoms with Gasteiger partial charge in [0.2, 0.25) is 0 Å². The maximum atomic E-state index is 12.5. The SMILES string of the molecule is COc1ccc(S(=O)(=O)NC(=O)c2nnn(-c3cc(Cl)cc(Cl)c3)c2C)cc1. The second-order valence-corrected chi connectivity index (χ2v) is 8.23. The largest absolute Gasteiger partial charge is 0.497 e. The first-order valence-corrected chi connectivity index (χ1v) is 10.0. The molecule has 146 valence electrons. The van der Waals surface area contributed by atoms with Crippen LogP contribution in [-0.2, 0) is 10.0 Å². The molecule has 0 saturated carbocycles. The summed E-state index contributed by atoms with van der Waals surface area (Å²) < 4.78 is 33.2. The lowest BCUT2D eigenvalue weighted by Crippen LogP contribution is -2.31. The summed E-state index contributed by atoms with van der Waals surface area (Å²) >= 11 is 12.0. The Balaban J connectivity index is 1.88. The van der Waals surface area contributed by atoms with Crippen LogP contribution in [0.15, 0.2) is 47.4 Å². The topological polar surface area (TPSA) is 103 Å². The number of hydrogen-bond acceptors (Lipinski definition) is 6. The smallest absolute Gasteiger partial charge is 0.287 e. The third-order valence-electron chi connectivity index (χ3n) is 3.80. The predicted octanol–water partition coefficient (Wildman–Crippen LogP) is 3.01. The highest BCUT2D eigenvalue weighted by Crippen LogP contribution is 2.23. The van der Waals surface area contributed by atoms with Crippen molar-refractivity contribution >= 4 is 39.1 Å². The van der Waals surface area contributed by atoms with Gasteiger partial charge in [0.15, 0.2) is 5.69 Å². The number of ether oxygens (including phenoxy) is 1. The van der Waals surface area contributed by atoms with Crippen molar-refractivity contribution in [2.24, 2.45) is 0 Å². The zero-order chi connectivity index (χ0) is 20.5. The maximum absolute atomic E-state index is 12.5. The molecule has 0 aliphatic carbocycles. The van der Waals surface area contributed by atoms with Crippen LogP contribution in [-0.4, -0.2) is 36.4 Å². The minimum atomic E-state index is -4.09. The molecule has 3 aromatic rings. The summed E-state index contributed by atoms with van der Waals surface area (Å²) in [6.07, 6.45) is 0. The van der Waals surface area contributed by atoms with E-state index in [4.69, 9.17) is 27.9 Å². The van der Waals surface area contributed by atoms with Gasteiger partial charge in [-0.3, -0.25) is 4.79 Å². The molecule has 0 radical (unpaired) electrons. The third-order valence-corrected chi connectivity index (χ3v) is 5.58. The van der Waals surface area contributed by atoms with Crippen molar-refractivity contribution in [3.05, 3.63) is 63.9 Å². The average molecular weight is 441 g/mol. The van der Waals surface area contributed by atoms with E-state index in [2.05, 4.69) is 10.3 Å². The molecule has 0 aliphatic rings. The van der Waals surface area contributed by atoms with Crippen LogP contribution in [0, 0.1) is 6.92 Å². The fourth-order valence-corrected chi connectivity index (χ4v) is 3.90. The Morgan fingerprint density at radius 1 is 1.11 bits per heavy atom. The summed E-state index contributed by atoms with van der Waals surface area (Å²) in [5, 5.41) is 8.44. The molecule has 28 heavy (non-hydrogen) atoms. The molecule has 0 saturated heterocycles. The van der Waals surface area contributed by atoms with Gasteiger partial charge in [-0.2, -0.15) is 0 Å². The van der Waals surface area contributed by atoms with Crippen LogP contribution in [0.1, 0.15) is 16.2 Å². The summed E-state index contributed by atoms with van der Waals surface area (Å²) in [6, 6.07) is 10.3. The van der Waals surface area contributed by atoms with Crippen molar-refractivity contribution in [2.75, 3.05) is 7.11 Å². The van der Waals surface area contributed by atoms with Gasteiger partial charge >= 0.3 is 0 Å². The number of hydrogen-bond donors (Lipinski definition) is 1. The molecule has 8 nitrogen and oxygen atoms in total. The maximum Gasteiger partial charge on any atom is 0.287 e. The van der Waals surface area contributed by atoms with Gasteiger partial charge in [0.25, 0.3) is 15.9 Å². The molecule has 1 aromatic heterocycles. The monoisotopic (exact) mass is 440 g/mol. The molecule has 0 aliphatic heterocycles. The molecule has 1 amide bonds. The summed E-state index contributed by atoms with van der Waals surface area (Å²) in [7, 11) is -2.63. The molecule has 2 aromatic carbocycles. The Morgan fingerprint density at radius 3 is 2.29 bits per heavy atom. The molecule has 0 spiro atoms. The van der Waals surface area contributed by atoms with E-state index in [1.165, 1.54) is 36.1 Å². The van der Waals surface area contributed by atoms with Gasteiger partial charge < -0.3 is 4.74 Å².